The van der Waals surface area contributed by atoms with Gasteiger partial charge in [0.15, 0.2) is 5.69 Å². The molecule has 0 radical (unpaired) electrons. The van der Waals surface area contributed by atoms with E-state index < -0.39 is 0 Å². The second kappa shape index (κ2) is 11.3. The molecule has 120 valence electrons. The van der Waals surface area contributed by atoms with Crippen molar-refractivity contribution >= 4 is 54.7 Å². The van der Waals surface area contributed by atoms with Gasteiger partial charge in [-0.25, -0.2) is 4.84 Å². The van der Waals surface area contributed by atoms with Crippen LogP contribution >= 0.6 is 31.9 Å². The summed E-state index contributed by atoms with van der Waals surface area (Å²) in [4.78, 5) is 4.80. The van der Waals surface area contributed by atoms with E-state index in [1.807, 2.05) is 38.1 Å². The quantitative estimate of drug-likeness (QED) is 0.325. The molecule has 1 aliphatic carbocycles. The summed E-state index contributed by atoms with van der Waals surface area (Å²) >= 11 is 6.30. The summed E-state index contributed by atoms with van der Waals surface area (Å²) in [7, 11) is 1.62. The number of benzene rings is 1. The molecule has 7 heteroatoms. The van der Waals surface area contributed by atoms with E-state index in [-0.39, 0.29) is 11.4 Å². The van der Waals surface area contributed by atoms with E-state index in [4.69, 9.17) is 21.4 Å². The molecule has 0 saturated carbocycles. The minimum Gasteiger partial charge on any atom is -0.399 e. The molecule has 5 nitrogen and oxygen atoms in total. The molecule has 22 heavy (non-hydrogen) atoms. The number of anilines is 1. The van der Waals surface area contributed by atoms with E-state index in [0.29, 0.717) is 8.96 Å². The zero-order valence-corrected chi connectivity index (χ0v) is 16.0. The third kappa shape index (κ3) is 7.13. The van der Waals surface area contributed by atoms with Crippen molar-refractivity contribution < 1.29 is 10.3 Å². The SMILES string of the molecule is CC.CO[NH2+]c1ccc(N)cc1.N=C1C(=N)C(Br)=CC=C1Br. The van der Waals surface area contributed by atoms with Crippen LogP contribution in [0.5, 0.6) is 0 Å². The zero-order valence-electron chi connectivity index (χ0n) is 12.8. The maximum Gasteiger partial charge on any atom is 0.162 e. The van der Waals surface area contributed by atoms with Gasteiger partial charge in [0.1, 0.15) is 0 Å². The first kappa shape index (κ1) is 20.7. The molecule has 0 aliphatic heterocycles. The van der Waals surface area contributed by atoms with Crippen LogP contribution in [-0.2, 0) is 4.84 Å². The predicted molar refractivity (Wildman–Crippen MR) is 100 cm³/mol. The Morgan fingerprint density at radius 1 is 0.955 bits per heavy atom. The molecule has 1 aliphatic rings. The summed E-state index contributed by atoms with van der Waals surface area (Å²) in [5.41, 5.74) is 9.36. The minimum absolute atomic E-state index is 0.217. The second-order valence-corrected chi connectivity index (χ2v) is 5.51. The number of nitrogens with one attached hydrogen (secondary N) is 2. The first-order valence-electron chi connectivity index (χ1n) is 6.58. The lowest BCUT2D eigenvalue weighted by molar-refractivity contribution is -0.830. The Bertz CT molecular complexity index is 529. The number of nitrogen functional groups attached to an aromatic ring is 1. The van der Waals surface area contributed by atoms with Gasteiger partial charge in [-0.2, -0.15) is 5.48 Å². The molecule has 0 aromatic heterocycles. The van der Waals surface area contributed by atoms with Crippen LogP contribution < -0.4 is 11.2 Å². The van der Waals surface area contributed by atoms with E-state index in [0.717, 1.165) is 11.4 Å². The van der Waals surface area contributed by atoms with Crippen molar-refractivity contribution in [2.45, 2.75) is 13.8 Å². The Morgan fingerprint density at radius 3 is 1.73 bits per heavy atom. The number of rotatable bonds is 2. The number of quaternary nitrogens is 1. The van der Waals surface area contributed by atoms with E-state index in [9.17, 15) is 0 Å². The van der Waals surface area contributed by atoms with Crippen LogP contribution in [0, 0.1) is 10.8 Å². The van der Waals surface area contributed by atoms with E-state index in [1.165, 1.54) is 0 Å². The fourth-order valence-corrected chi connectivity index (χ4v) is 1.92. The van der Waals surface area contributed by atoms with E-state index in [1.54, 1.807) is 24.7 Å². The highest BCUT2D eigenvalue weighted by atomic mass is 79.9. The Hall–Kier alpha value is -1.28. The van der Waals surface area contributed by atoms with Crippen LogP contribution in [0.2, 0.25) is 0 Å². The second-order valence-electron chi connectivity index (χ2n) is 3.80. The van der Waals surface area contributed by atoms with Crippen molar-refractivity contribution in [1.29, 1.82) is 10.8 Å². The Balaban J connectivity index is 0.000000360. The first-order valence-corrected chi connectivity index (χ1v) is 8.17. The number of hydrogen-bond acceptors (Lipinski definition) is 4. The van der Waals surface area contributed by atoms with Gasteiger partial charge in [0.05, 0.1) is 18.5 Å². The van der Waals surface area contributed by atoms with Gasteiger partial charge in [-0.15, -0.1) is 0 Å². The molecule has 0 fully saturated rings. The molecule has 1 aromatic carbocycles. The lowest BCUT2D eigenvalue weighted by atomic mass is 10.1. The van der Waals surface area contributed by atoms with Crippen molar-refractivity contribution in [3.63, 3.8) is 0 Å². The van der Waals surface area contributed by atoms with Gasteiger partial charge < -0.3 is 5.73 Å². The standard InChI is InChI=1S/C7H10N2O.C6H4Br2N2.C2H6/c1-10-9-7-4-2-6(8)3-5-7;7-3-1-2-4(8)6(10)5(3)9;1-2/h2-5,9H,8H2,1H3;1-2,9-10H;1-2H3/p+1. The average molecular weight is 433 g/mol. The molecule has 0 heterocycles. The average Bonchev–Trinajstić information content (AvgIpc) is 2.54. The molecule has 0 saturated heterocycles. The molecular formula is C15H21Br2N4O+. The lowest BCUT2D eigenvalue weighted by Crippen LogP contribution is -2.75. The summed E-state index contributed by atoms with van der Waals surface area (Å²) in [6.07, 6.45) is 3.48. The summed E-state index contributed by atoms with van der Waals surface area (Å²) < 4.78 is 1.31. The topological polar surface area (TPSA) is 99.6 Å². The highest BCUT2D eigenvalue weighted by Gasteiger charge is 2.14. The minimum atomic E-state index is 0.217. The van der Waals surface area contributed by atoms with E-state index in [2.05, 4.69) is 31.9 Å². The van der Waals surface area contributed by atoms with Crippen LogP contribution in [0.1, 0.15) is 13.8 Å². The Labute approximate surface area is 147 Å². The van der Waals surface area contributed by atoms with Crippen LogP contribution in [0.15, 0.2) is 45.4 Å². The highest BCUT2D eigenvalue weighted by molar-refractivity contribution is 9.12. The van der Waals surface area contributed by atoms with Crippen LogP contribution in [0.25, 0.3) is 0 Å². The molecule has 2 rings (SSSR count). The number of allylic oxidation sites excluding steroid dienone is 4. The Kier molecular flexibility index (Phi) is 10.7. The van der Waals surface area contributed by atoms with Crippen molar-refractivity contribution in [1.82, 2.24) is 0 Å². The highest BCUT2D eigenvalue weighted by Crippen LogP contribution is 2.20. The van der Waals surface area contributed by atoms with Crippen molar-refractivity contribution in [2.24, 2.45) is 0 Å². The van der Waals surface area contributed by atoms with Gasteiger partial charge in [-0.1, -0.05) is 13.8 Å². The van der Waals surface area contributed by atoms with Gasteiger partial charge in [0.25, 0.3) is 0 Å². The van der Waals surface area contributed by atoms with Crippen molar-refractivity contribution in [2.75, 3.05) is 12.8 Å². The zero-order chi connectivity index (χ0) is 17.1. The van der Waals surface area contributed by atoms with Gasteiger partial charge in [-0.05, 0) is 56.1 Å². The monoisotopic (exact) mass is 431 g/mol. The molecule has 0 atom stereocenters. The molecule has 6 N–H and O–H groups in total. The van der Waals surface area contributed by atoms with Crippen molar-refractivity contribution in [3.05, 3.63) is 45.4 Å². The molecular weight excluding hydrogens is 412 g/mol. The molecule has 0 unspecified atom stereocenters. The molecule has 0 spiro atoms. The Morgan fingerprint density at radius 2 is 1.36 bits per heavy atom. The molecule has 0 bridgehead atoms. The third-order valence-corrected chi connectivity index (χ3v) is 3.62. The third-order valence-electron chi connectivity index (χ3n) is 2.29. The van der Waals surface area contributed by atoms with Gasteiger partial charge in [0.2, 0.25) is 0 Å². The number of halogens is 2. The number of nitrogens with two attached hydrogens (primary N) is 2. The number of hydrogen-bond donors (Lipinski definition) is 4. The van der Waals surface area contributed by atoms with Crippen LogP contribution in [0.3, 0.4) is 0 Å². The predicted octanol–water partition coefficient (Wildman–Crippen LogP) is 3.65. The first-order chi connectivity index (χ1) is 10.5. The lowest BCUT2D eigenvalue weighted by Gasteiger charge is -2.07. The maximum absolute atomic E-state index is 7.32. The summed E-state index contributed by atoms with van der Waals surface area (Å²) in [6.45, 7) is 4.00. The van der Waals surface area contributed by atoms with E-state index >= 15 is 0 Å². The van der Waals surface area contributed by atoms with Gasteiger partial charge >= 0.3 is 0 Å². The van der Waals surface area contributed by atoms with Gasteiger partial charge in [0, 0.05) is 26.8 Å². The van der Waals surface area contributed by atoms with Crippen molar-refractivity contribution in [3.8, 4) is 0 Å². The molecule has 0 amide bonds. The fourth-order valence-electron chi connectivity index (χ4n) is 1.26. The largest absolute Gasteiger partial charge is 0.399 e. The van der Waals surface area contributed by atoms with Gasteiger partial charge in [-0.3, -0.25) is 10.8 Å². The fraction of sp³-hybridized carbons (Fsp3) is 0.200. The summed E-state index contributed by atoms with van der Waals surface area (Å²) in [6, 6.07) is 7.48. The van der Waals surface area contributed by atoms with Crippen LogP contribution in [0.4, 0.5) is 11.4 Å². The molecule has 1 aromatic rings. The van der Waals surface area contributed by atoms with Crippen LogP contribution in [-0.4, -0.2) is 18.5 Å². The maximum atomic E-state index is 7.32. The summed E-state index contributed by atoms with van der Waals surface area (Å²) in [5.74, 6) is 0. The smallest absolute Gasteiger partial charge is 0.162 e. The summed E-state index contributed by atoms with van der Waals surface area (Å²) in [5, 5.41) is 14.6. The normalized spacial score (nSPS) is 13.1.